The van der Waals surface area contributed by atoms with Gasteiger partial charge in [0.15, 0.2) is 0 Å². The molecule has 0 bridgehead atoms. The number of thiophene rings is 1. The molecule has 2 aliphatic rings. The summed E-state index contributed by atoms with van der Waals surface area (Å²) in [6, 6.07) is 8.05. The monoisotopic (exact) mass is 355 g/mol. The van der Waals surface area contributed by atoms with Gasteiger partial charge in [-0.15, -0.1) is 23.1 Å². The number of rotatable bonds is 3. The highest BCUT2D eigenvalue weighted by Crippen LogP contribution is 2.42. The first-order chi connectivity index (χ1) is 11.8. The van der Waals surface area contributed by atoms with Crippen LogP contribution in [-0.2, 0) is 29.8 Å². The molecule has 1 aromatic carbocycles. The third kappa shape index (κ3) is 2.93. The molecule has 1 N–H and O–H groups in total. The Balaban J connectivity index is 1.58. The van der Waals surface area contributed by atoms with E-state index in [1.165, 1.54) is 41.7 Å². The Kier molecular flexibility index (Phi) is 4.51. The fourth-order valence-electron chi connectivity index (χ4n) is 3.50. The van der Waals surface area contributed by atoms with Crippen LogP contribution in [0.2, 0.25) is 0 Å². The number of hydrogen-bond acceptors (Lipinski definition) is 3. The summed E-state index contributed by atoms with van der Waals surface area (Å²) < 4.78 is 0. The van der Waals surface area contributed by atoms with Gasteiger partial charge in [-0.1, -0.05) is 25.1 Å². The lowest BCUT2D eigenvalue weighted by molar-refractivity contribution is -0.112. The van der Waals surface area contributed by atoms with Gasteiger partial charge in [-0.2, -0.15) is 0 Å². The molecule has 1 amide bonds. The molecule has 0 saturated heterocycles. The van der Waals surface area contributed by atoms with Gasteiger partial charge in [-0.3, -0.25) is 4.79 Å². The smallest absolute Gasteiger partial charge is 0.262 e. The number of thioether (sulfide) groups is 1. The lowest BCUT2D eigenvalue weighted by Crippen LogP contribution is -2.15. The number of anilines is 1. The van der Waals surface area contributed by atoms with Crippen LogP contribution in [0.4, 0.5) is 5.69 Å². The van der Waals surface area contributed by atoms with Crippen LogP contribution >= 0.6 is 23.1 Å². The molecule has 1 aliphatic heterocycles. The van der Waals surface area contributed by atoms with Crippen molar-refractivity contribution in [2.45, 2.75) is 44.8 Å². The fourth-order valence-corrected chi connectivity index (χ4v) is 6.04. The summed E-state index contributed by atoms with van der Waals surface area (Å²) in [5, 5.41) is 3.10. The maximum absolute atomic E-state index is 12.7. The van der Waals surface area contributed by atoms with E-state index in [0.717, 1.165) is 22.8 Å². The second kappa shape index (κ2) is 6.77. The average molecular weight is 356 g/mol. The zero-order valence-corrected chi connectivity index (χ0v) is 15.5. The van der Waals surface area contributed by atoms with Crippen LogP contribution in [0.3, 0.4) is 0 Å². The molecule has 24 heavy (non-hydrogen) atoms. The van der Waals surface area contributed by atoms with Crippen molar-refractivity contribution in [3.8, 4) is 0 Å². The van der Waals surface area contributed by atoms with E-state index in [0.29, 0.717) is 0 Å². The summed E-state index contributed by atoms with van der Waals surface area (Å²) in [5.74, 6) is 0.966. The lowest BCUT2D eigenvalue weighted by atomic mass is 9.95. The summed E-state index contributed by atoms with van der Waals surface area (Å²) in [7, 11) is 0. The number of carbonyl (C=O) groups excluding carboxylic acids is 1. The zero-order chi connectivity index (χ0) is 16.5. The second-order valence-electron chi connectivity index (χ2n) is 6.32. The molecular weight excluding hydrogens is 334 g/mol. The molecular formula is C20H21NOS2. The summed E-state index contributed by atoms with van der Waals surface area (Å²) in [5.41, 5.74) is 5.19. The van der Waals surface area contributed by atoms with E-state index in [2.05, 4.69) is 24.4 Å². The highest BCUT2D eigenvalue weighted by atomic mass is 32.2. The third-order valence-corrected chi connectivity index (χ3v) is 7.14. The van der Waals surface area contributed by atoms with Gasteiger partial charge in [0.1, 0.15) is 0 Å². The van der Waals surface area contributed by atoms with E-state index in [1.54, 1.807) is 22.2 Å². The quantitative estimate of drug-likeness (QED) is 0.797. The van der Waals surface area contributed by atoms with Crippen LogP contribution in [0, 0.1) is 0 Å². The number of hydrogen-bond donors (Lipinski definition) is 1. The maximum atomic E-state index is 12.7. The topological polar surface area (TPSA) is 29.1 Å². The highest BCUT2D eigenvalue weighted by molar-refractivity contribution is 8.03. The van der Waals surface area contributed by atoms with Crippen molar-refractivity contribution < 1.29 is 4.79 Å². The van der Waals surface area contributed by atoms with Crippen LogP contribution in [-0.4, -0.2) is 5.91 Å². The van der Waals surface area contributed by atoms with Crippen LogP contribution in [0.25, 0.3) is 6.08 Å². The fraction of sp³-hybridized carbons (Fsp3) is 0.350. The molecule has 0 unspecified atom stereocenters. The highest BCUT2D eigenvalue weighted by Gasteiger charge is 2.25. The predicted molar refractivity (Wildman–Crippen MR) is 105 cm³/mol. The van der Waals surface area contributed by atoms with Gasteiger partial charge in [-0.05, 0) is 60.9 Å². The SMILES string of the molecule is CCc1ccccc1NC(=O)C1=Cc2sc3c(c2CS1)CCCC3. The molecule has 0 radical (unpaired) electrons. The van der Waals surface area contributed by atoms with Crippen molar-refractivity contribution >= 4 is 40.8 Å². The number of benzene rings is 1. The molecule has 0 saturated carbocycles. The number of para-hydroxylation sites is 1. The average Bonchev–Trinajstić information content (AvgIpc) is 3.00. The zero-order valence-electron chi connectivity index (χ0n) is 13.9. The minimum atomic E-state index is 0.0259. The van der Waals surface area contributed by atoms with E-state index >= 15 is 0 Å². The Morgan fingerprint density at radius 1 is 1.17 bits per heavy atom. The molecule has 2 heterocycles. The summed E-state index contributed by atoms with van der Waals surface area (Å²) in [6.07, 6.45) is 8.09. The largest absolute Gasteiger partial charge is 0.321 e. The molecule has 4 rings (SSSR count). The van der Waals surface area contributed by atoms with Crippen molar-refractivity contribution in [2.24, 2.45) is 0 Å². The molecule has 0 atom stereocenters. The van der Waals surface area contributed by atoms with Gasteiger partial charge in [-0.25, -0.2) is 0 Å². The first-order valence-corrected chi connectivity index (χ1v) is 10.4. The van der Waals surface area contributed by atoms with Gasteiger partial charge in [0, 0.05) is 21.2 Å². The second-order valence-corrected chi connectivity index (χ2v) is 8.47. The van der Waals surface area contributed by atoms with Crippen molar-refractivity contribution in [1.82, 2.24) is 0 Å². The Morgan fingerprint density at radius 3 is 2.88 bits per heavy atom. The Hall–Kier alpha value is -1.52. The van der Waals surface area contributed by atoms with Gasteiger partial charge < -0.3 is 5.32 Å². The minimum absolute atomic E-state index is 0.0259. The molecule has 2 aromatic rings. The first kappa shape index (κ1) is 16.0. The van der Waals surface area contributed by atoms with E-state index < -0.39 is 0 Å². The molecule has 1 aromatic heterocycles. The number of aryl methyl sites for hydroxylation is 2. The lowest BCUT2D eigenvalue weighted by Gasteiger charge is -2.17. The Morgan fingerprint density at radius 2 is 2.00 bits per heavy atom. The number of nitrogens with one attached hydrogen (secondary N) is 1. The number of amides is 1. The molecule has 4 heteroatoms. The van der Waals surface area contributed by atoms with Crippen molar-refractivity contribution in [3.05, 3.63) is 55.6 Å². The van der Waals surface area contributed by atoms with Gasteiger partial charge in [0.05, 0.1) is 4.91 Å². The summed E-state index contributed by atoms with van der Waals surface area (Å²) in [4.78, 5) is 16.4. The van der Waals surface area contributed by atoms with Crippen molar-refractivity contribution in [3.63, 3.8) is 0 Å². The molecule has 1 aliphatic carbocycles. The number of fused-ring (bicyclic) bond motifs is 3. The van der Waals surface area contributed by atoms with E-state index in [1.807, 2.05) is 29.5 Å². The van der Waals surface area contributed by atoms with E-state index in [-0.39, 0.29) is 5.91 Å². The van der Waals surface area contributed by atoms with Crippen LogP contribution in [0.5, 0.6) is 0 Å². The standard InChI is InChI=1S/C20H21NOS2/c1-2-13-7-3-5-9-16(13)21-20(22)19-11-18-15(12-23-19)14-8-4-6-10-17(14)24-18/h3,5,7,9,11H,2,4,6,8,10,12H2,1H3,(H,21,22). The Labute approximate surface area is 151 Å². The Bertz CT molecular complexity index is 819. The van der Waals surface area contributed by atoms with Gasteiger partial charge >= 0.3 is 0 Å². The minimum Gasteiger partial charge on any atom is -0.321 e. The van der Waals surface area contributed by atoms with E-state index in [9.17, 15) is 4.79 Å². The van der Waals surface area contributed by atoms with Crippen molar-refractivity contribution in [1.29, 1.82) is 0 Å². The summed E-state index contributed by atoms with van der Waals surface area (Å²) >= 11 is 3.58. The summed E-state index contributed by atoms with van der Waals surface area (Å²) in [6.45, 7) is 2.11. The van der Waals surface area contributed by atoms with Gasteiger partial charge in [0.2, 0.25) is 0 Å². The van der Waals surface area contributed by atoms with Gasteiger partial charge in [0.25, 0.3) is 5.91 Å². The van der Waals surface area contributed by atoms with Crippen molar-refractivity contribution in [2.75, 3.05) is 5.32 Å². The molecule has 2 nitrogen and oxygen atoms in total. The molecule has 0 spiro atoms. The molecule has 124 valence electrons. The molecule has 0 fully saturated rings. The predicted octanol–water partition coefficient (Wildman–Crippen LogP) is 5.42. The third-order valence-electron chi connectivity index (χ3n) is 4.82. The van der Waals surface area contributed by atoms with Crippen LogP contribution in [0.1, 0.15) is 46.2 Å². The normalized spacial score (nSPS) is 16.1. The maximum Gasteiger partial charge on any atom is 0.262 e. The van der Waals surface area contributed by atoms with Crippen LogP contribution < -0.4 is 5.32 Å². The van der Waals surface area contributed by atoms with E-state index in [4.69, 9.17) is 0 Å². The van der Waals surface area contributed by atoms with Crippen LogP contribution in [0.15, 0.2) is 29.2 Å². The number of carbonyl (C=O) groups is 1. The first-order valence-electron chi connectivity index (χ1n) is 8.63.